The van der Waals surface area contributed by atoms with E-state index in [1.807, 2.05) is 53.1 Å². The molecule has 1 aromatic carbocycles. The van der Waals surface area contributed by atoms with Crippen molar-refractivity contribution in [2.75, 3.05) is 27.7 Å². The number of benzene rings is 1. The second-order valence-corrected chi connectivity index (χ2v) is 7.06. The minimum absolute atomic E-state index is 0.127. The van der Waals surface area contributed by atoms with Crippen molar-refractivity contribution < 1.29 is 14.4 Å². The fourth-order valence-corrected chi connectivity index (χ4v) is 3.28. The number of hydrogen-bond acceptors (Lipinski definition) is 3. The molecule has 0 saturated carbocycles. The number of likely N-dealkylation sites (N-methyl/N-ethyl adjacent to an activating group) is 1. The van der Waals surface area contributed by atoms with Crippen molar-refractivity contribution in [2.24, 2.45) is 0 Å². The highest BCUT2D eigenvalue weighted by atomic mass is 35.5. The van der Waals surface area contributed by atoms with Crippen molar-refractivity contribution in [1.29, 1.82) is 0 Å². The number of nitrogens with zero attached hydrogens (tertiary/aromatic N) is 2. The molecule has 0 radical (unpaired) electrons. The summed E-state index contributed by atoms with van der Waals surface area (Å²) < 4.78 is 7.06. The Labute approximate surface area is 169 Å². The zero-order valence-electron chi connectivity index (χ0n) is 16.1. The van der Waals surface area contributed by atoms with Crippen LogP contribution in [0, 0.1) is 0 Å². The third kappa shape index (κ3) is 4.52. The number of halogens is 1. The maximum Gasteiger partial charge on any atom is 0.244 e. The van der Waals surface area contributed by atoms with Gasteiger partial charge in [-0.3, -0.25) is 9.20 Å². The van der Waals surface area contributed by atoms with Gasteiger partial charge in [0, 0.05) is 17.8 Å². The Morgan fingerprint density at radius 3 is 2.71 bits per heavy atom. The number of ether oxygens (including phenoxy) is 1. The molecule has 1 atom stereocenters. The number of pyridine rings is 1. The van der Waals surface area contributed by atoms with E-state index in [0.717, 1.165) is 17.0 Å². The number of nitrogens with one attached hydrogen (secondary N) is 2. The van der Waals surface area contributed by atoms with Gasteiger partial charge < -0.3 is 15.0 Å². The van der Waals surface area contributed by atoms with Crippen molar-refractivity contribution in [3.63, 3.8) is 0 Å². The van der Waals surface area contributed by atoms with Gasteiger partial charge in [-0.25, -0.2) is 4.98 Å². The van der Waals surface area contributed by atoms with Gasteiger partial charge in [0.1, 0.15) is 17.4 Å². The van der Waals surface area contributed by atoms with Crippen molar-refractivity contribution in [1.82, 2.24) is 14.7 Å². The summed E-state index contributed by atoms with van der Waals surface area (Å²) in [5.41, 5.74) is 2.55. The van der Waals surface area contributed by atoms with E-state index in [1.54, 1.807) is 13.2 Å². The average molecular weight is 400 g/mol. The van der Waals surface area contributed by atoms with Crippen molar-refractivity contribution in [3.8, 4) is 5.75 Å². The first-order valence-electron chi connectivity index (χ1n) is 9.02. The molecule has 0 bridgehead atoms. The minimum Gasteiger partial charge on any atom is -0.497 e. The number of methoxy groups -OCH3 is 1. The highest BCUT2D eigenvalue weighted by Gasteiger charge is 2.18. The fraction of sp³-hybridized carbons (Fsp3) is 0.238. The summed E-state index contributed by atoms with van der Waals surface area (Å²) in [5, 5.41) is 3.34. The van der Waals surface area contributed by atoms with E-state index < -0.39 is 0 Å². The molecule has 28 heavy (non-hydrogen) atoms. The maximum atomic E-state index is 12.3. The number of hydrogen-bond donors (Lipinski definition) is 2. The lowest BCUT2D eigenvalue weighted by Crippen LogP contribution is -3.07. The monoisotopic (exact) mass is 399 g/mol. The predicted octanol–water partition coefficient (Wildman–Crippen LogP) is 2.01. The van der Waals surface area contributed by atoms with Gasteiger partial charge in [0.15, 0.2) is 5.15 Å². The topological polar surface area (TPSA) is 60.1 Å². The molecule has 2 aromatic heterocycles. The highest BCUT2D eigenvalue weighted by molar-refractivity contribution is 6.31. The molecule has 1 amide bonds. The van der Waals surface area contributed by atoms with Gasteiger partial charge in [-0.2, -0.15) is 0 Å². The van der Waals surface area contributed by atoms with Crippen LogP contribution in [0.3, 0.4) is 0 Å². The van der Waals surface area contributed by atoms with Crippen LogP contribution in [0.4, 0.5) is 0 Å². The first kappa shape index (κ1) is 19.9. The third-order valence-corrected chi connectivity index (χ3v) is 4.89. The van der Waals surface area contributed by atoms with E-state index in [4.69, 9.17) is 16.3 Å². The largest absolute Gasteiger partial charge is 0.497 e. The Kier molecular flexibility index (Phi) is 6.34. The van der Waals surface area contributed by atoms with Gasteiger partial charge >= 0.3 is 0 Å². The Balaban J connectivity index is 1.67. The molecule has 3 aromatic rings. The quantitative estimate of drug-likeness (QED) is 0.597. The van der Waals surface area contributed by atoms with Crippen LogP contribution < -0.4 is 15.0 Å². The summed E-state index contributed by atoms with van der Waals surface area (Å²) in [5.74, 6) is 0.634. The normalized spacial score (nSPS) is 12.6. The molecule has 0 fully saturated rings. The lowest BCUT2D eigenvalue weighted by Gasteiger charge is -2.22. The van der Waals surface area contributed by atoms with E-state index >= 15 is 0 Å². The maximum absolute atomic E-state index is 12.3. The number of aromatic nitrogens is 2. The number of carbonyl (C=O) groups is 1. The zero-order valence-corrected chi connectivity index (χ0v) is 16.9. The summed E-state index contributed by atoms with van der Waals surface area (Å²) in [4.78, 5) is 17.8. The van der Waals surface area contributed by atoms with Gasteiger partial charge in [-0.1, -0.05) is 17.7 Å². The van der Waals surface area contributed by atoms with Crippen LogP contribution in [-0.4, -0.2) is 43.0 Å². The van der Waals surface area contributed by atoms with E-state index in [2.05, 4.69) is 24.4 Å². The molecule has 0 aliphatic carbocycles. The molecule has 7 heteroatoms. The molecular formula is C21H24ClN4O2+. The minimum atomic E-state index is -0.179. The van der Waals surface area contributed by atoms with Crippen LogP contribution >= 0.6 is 11.6 Å². The molecule has 2 heterocycles. The summed E-state index contributed by atoms with van der Waals surface area (Å²) in [6, 6.07) is 13.7. The van der Waals surface area contributed by atoms with Crippen LogP contribution in [0.15, 0.2) is 54.7 Å². The number of carbonyl (C=O) groups excluding carboxylic acids is 1. The Morgan fingerprint density at radius 2 is 2.04 bits per heavy atom. The van der Waals surface area contributed by atoms with E-state index in [9.17, 15) is 4.79 Å². The van der Waals surface area contributed by atoms with Crippen LogP contribution in [0.25, 0.3) is 11.7 Å². The Hall–Kier alpha value is -2.83. The summed E-state index contributed by atoms with van der Waals surface area (Å²) in [6.45, 7) is 0.513. The van der Waals surface area contributed by atoms with Crippen LogP contribution in [0.1, 0.15) is 17.3 Å². The second-order valence-electron chi connectivity index (χ2n) is 6.70. The van der Waals surface area contributed by atoms with Crippen LogP contribution in [0.2, 0.25) is 5.15 Å². The van der Waals surface area contributed by atoms with Gasteiger partial charge in [0.05, 0.1) is 33.4 Å². The second kappa shape index (κ2) is 8.91. The van der Waals surface area contributed by atoms with Gasteiger partial charge in [0.2, 0.25) is 5.91 Å². The van der Waals surface area contributed by atoms with Crippen LogP contribution in [0.5, 0.6) is 5.75 Å². The van der Waals surface area contributed by atoms with E-state index in [0.29, 0.717) is 17.4 Å². The van der Waals surface area contributed by atoms with Gasteiger partial charge in [-0.15, -0.1) is 0 Å². The number of rotatable bonds is 7. The molecule has 3 rings (SSSR count). The lowest BCUT2D eigenvalue weighted by atomic mass is 10.1. The molecule has 0 saturated heterocycles. The lowest BCUT2D eigenvalue weighted by molar-refractivity contribution is -0.890. The van der Waals surface area contributed by atoms with Crippen LogP contribution in [-0.2, 0) is 4.79 Å². The van der Waals surface area contributed by atoms with Crippen molar-refractivity contribution in [2.45, 2.75) is 6.04 Å². The molecule has 6 nitrogen and oxygen atoms in total. The van der Waals surface area contributed by atoms with E-state index in [1.165, 1.54) is 11.0 Å². The highest BCUT2D eigenvalue weighted by Crippen LogP contribution is 2.19. The molecular weight excluding hydrogens is 376 g/mol. The smallest absolute Gasteiger partial charge is 0.244 e. The summed E-state index contributed by atoms with van der Waals surface area (Å²) in [6.07, 6.45) is 5.03. The van der Waals surface area contributed by atoms with Gasteiger partial charge in [0.25, 0.3) is 0 Å². The van der Waals surface area contributed by atoms with Crippen molar-refractivity contribution in [3.05, 3.63) is 71.1 Å². The molecule has 146 valence electrons. The Morgan fingerprint density at radius 1 is 1.29 bits per heavy atom. The van der Waals surface area contributed by atoms with Gasteiger partial charge in [-0.05, 0) is 42.5 Å². The number of fused-ring (bicyclic) bond motifs is 1. The predicted molar refractivity (Wildman–Crippen MR) is 111 cm³/mol. The third-order valence-electron chi connectivity index (χ3n) is 4.61. The van der Waals surface area contributed by atoms with Crippen molar-refractivity contribution >= 4 is 29.2 Å². The number of amides is 1. The molecule has 0 unspecified atom stereocenters. The fourth-order valence-electron chi connectivity index (χ4n) is 3.04. The summed E-state index contributed by atoms with van der Waals surface area (Å²) >= 11 is 6.20. The SMILES string of the molecule is COc1ccc([C@H](CNC(=O)/C=C/c2c(Cl)nc3ccccn23)[NH+](C)C)cc1. The zero-order chi connectivity index (χ0) is 20.1. The number of quaternary nitrogens is 1. The average Bonchev–Trinajstić information content (AvgIpc) is 3.01. The molecule has 2 N–H and O–H groups in total. The standard InChI is InChI=1S/C21H23ClN4O2/c1-25(2)18(15-7-9-16(28-3)10-8-15)14-23-20(27)12-11-17-21(22)24-19-6-4-5-13-26(17)19/h4-13,18H,14H2,1-3H3,(H,23,27)/p+1/b12-11+/t18-/m0/s1. The summed E-state index contributed by atoms with van der Waals surface area (Å²) in [7, 11) is 5.77. The molecule has 0 spiro atoms. The molecule has 0 aliphatic rings. The van der Waals surface area contributed by atoms with E-state index in [-0.39, 0.29) is 11.9 Å². The Bertz CT molecular complexity index is 980. The molecule has 0 aliphatic heterocycles. The first-order chi connectivity index (χ1) is 13.5. The number of imidazole rings is 1. The first-order valence-corrected chi connectivity index (χ1v) is 9.40.